The van der Waals surface area contributed by atoms with Gasteiger partial charge in [0.2, 0.25) is 0 Å². The predicted molar refractivity (Wildman–Crippen MR) is 98.7 cm³/mol. The molecule has 22 heavy (non-hydrogen) atoms. The highest BCUT2D eigenvalue weighted by molar-refractivity contribution is 9.13. The van der Waals surface area contributed by atoms with Crippen molar-refractivity contribution < 1.29 is 9.47 Å². The molecular formula is C18H12Br2O2. The Balaban J connectivity index is 2.47. The van der Waals surface area contributed by atoms with E-state index in [1.54, 1.807) is 14.2 Å². The van der Waals surface area contributed by atoms with Gasteiger partial charge in [0.05, 0.1) is 14.2 Å². The maximum atomic E-state index is 5.67. The summed E-state index contributed by atoms with van der Waals surface area (Å²) in [6.07, 6.45) is 0. The van der Waals surface area contributed by atoms with E-state index in [9.17, 15) is 0 Å². The molecule has 0 N–H and O–H groups in total. The van der Waals surface area contributed by atoms with Crippen LogP contribution in [-0.4, -0.2) is 14.2 Å². The van der Waals surface area contributed by atoms with Gasteiger partial charge in [0.15, 0.2) is 11.5 Å². The normalized spacial score (nSPS) is 11.6. The zero-order chi connectivity index (χ0) is 15.4. The average Bonchev–Trinajstić information content (AvgIpc) is 2.56. The third-order valence-electron chi connectivity index (χ3n) is 4.15. The second-order valence-corrected chi connectivity index (χ2v) is 6.74. The zero-order valence-electron chi connectivity index (χ0n) is 12.0. The van der Waals surface area contributed by atoms with E-state index in [0.29, 0.717) is 0 Å². The molecule has 0 bridgehead atoms. The van der Waals surface area contributed by atoms with Crippen molar-refractivity contribution in [1.29, 1.82) is 0 Å². The van der Waals surface area contributed by atoms with Gasteiger partial charge in [-0.3, -0.25) is 0 Å². The molecule has 0 atom stereocenters. The minimum absolute atomic E-state index is 0.780. The number of methoxy groups -OCH3 is 2. The predicted octanol–water partition coefficient (Wildman–Crippen LogP) is 6.13. The van der Waals surface area contributed by atoms with Crippen LogP contribution in [0.3, 0.4) is 0 Å². The minimum Gasteiger partial charge on any atom is -0.492 e. The summed E-state index contributed by atoms with van der Waals surface area (Å²) in [6, 6.07) is 12.5. The Morgan fingerprint density at radius 2 is 1.00 bits per heavy atom. The van der Waals surface area contributed by atoms with Crippen molar-refractivity contribution in [3.63, 3.8) is 0 Å². The maximum Gasteiger partial charge on any atom is 0.169 e. The summed E-state index contributed by atoms with van der Waals surface area (Å²) in [5, 5.41) is 6.84. The topological polar surface area (TPSA) is 18.5 Å². The van der Waals surface area contributed by atoms with Crippen molar-refractivity contribution in [3.8, 4) is 11.5 Å². The summed E-state index contributed by atoms with van der Waals surface area (Å²) >= 11 is 7.45. The summed E-state index contributed by atoms with van der Waals surface area (Å²) in [6.45, 7) is 0. The summed E-state index contributed by atoms with van der Waals surface area (Å²) in [7, 11) is 3.37. The van der Waals surface area contributed by atoms with Gasteiger partial charge in [-0.15, -0.1) is 0 Å². The van der Waals surface area contributed by atoms with Gasteiger partial charge in [-0.05, 0) is 42.6 Å². The third-order valence-corrected chi connectivity index (χ3v) is 6.33. The smallest absolute Gasteiger partial charge is 0.169 e. The van der Waals surface area contributed by atoms with Gasteiger partial charge in [-0.25, -0.2) is 0 Å². The van der Waals surface area contributed by atoms with E-state index in [1.165, 1.54) is 10.8 Å². The Morgan fingerprint density at radius 3 is 1.36 bits per heavy atom. The van der Waals surface area contributed by atoms with Crippen LogP contribution in [0.1, 0.15) is 0 Å². The van der Waals surface area contributed by atoms with Crippen LogP contribution in [0, 0.1) is 0 Å². The number of halogens is 2. The average molecular weight is 420 g/mol. The molecule has 4 aromatic rings. The van der Waals surface area contributed by atoms with E-state index in [4.69, 9.17) is 9.47 Å². The molecule has 0 aliphatic heterocycles. The lowest BCUT2D eigenvalue weighted by Crippen LogP contribution is -1.96. The minimum atomic E-state index is 0.780. The van der Waals surface area contributed by atoms with Gasteiger partial charge in [-0.2, -0.15) is 0 Å². The van der Waals surface area contributed by atoms with E-state index in [-0.39, 0.29) is 0 Å². The first kappa shape index (κ1) is 14.1. The number of hydrogen-bond acceptors (Lipinski definition) is 2. The second kappa shape index (κ2) is 5.00. The van der Waals surface area contributed by atoms with Crippen LogP contribution in [0.25, 0.3) is 32.3 Å². The van der Waals surface area contributed by atoms with Gasteiger partial charge in [0.25, 0.3) is 0 Å². The highest BCUT2D eigenvalue weighted by Crippen LogP contribution is 2.50. The monoisotopic (exact) mass is 418 g/mol. The van der Waals surface area contributed by atoms with Crippen molar-refractivity contribution in [2.24, 2.45) is 0 Å². The van der Waals surface area contributed by atoms with Crippen molar-refractivity contribution in [1.82, 2.24) is 0 Å². The van der Waals surface area contributed by atoms with Crippen LogP contribution in [0.5, 0.6) is 11.5 Å². The molecule has 0 fully saturated rings. The first-order valence-electron chi connectivity index (χ1n) is 6.84. The fourth-order valence-electron chi connectivity index (χ4n) is 3.27. The Morgan fingerprint density at radius 1 is 0.636 bits per heavy atom. The molecule has 2 nitrogen and oxygen atoms in total. The molecule has 0 saturated carbocycles. The summed E-state index contributed by atoms with van der Waals surface area (Å²) < 4.78 is 13.5. The third kappa shape index (κ3) is 1.65. The van der Waals surface area contributed by atoms with Gasteiger partial charge >= 0.3 is 0 Å². The number of rotatable bonds is 2. The Kier molecular flexibility index (Phi) is 3.20. The molecule has 0 spiro atoms. The highest BCUT2D eigenvalue weighted by atomic mass is 79.9. The Hall–Kier alpha value is -1.52. The molecule has 0 aliphatic carbocycles. The Labute approximate surface area is 144 Å². The molecule has 0 radical (unpaired) electrons. The van der Waals surface area contributed by atoms with Crippen molar-refractivity contribution in [2.45, 2.75) is 0 Å². The van der Waals surface area contributed by atoms with Gasteiger partial charge in [-0.1, -0.05) is 36.4 Å². The lowest BCUT2D eigenvalue weighted by Gasteiger charge is -2.19. The molecule has 4 aromatic carbocycles. The van der Waals surface area contributed by atoms with Crippen molar-refractivity contribution >= 4 is 64.2 Å². The molecule has 0 saturated heterocycles. The van der Waals surface area contributed by atoms with E-state index in [2.05, 4.69) is 56.1 Å². The summed E-state index contributed by atoms with van der Waals surface area (Å²) in [5.74, 6) is 1.56. The molecule has 0 unspecified atom stereocenters. The lowest BCUT2D eigenvalue weighted by molar-refractivity contribution is 0.362. The van der Waals surface area contributed by atoms with E-state index >= 15 is 0 Å². The van der Waals surface area contributed by atoms with E-state index < -0.39 is 0 Å². The van der Waals surface area contributed by atoms with Crippen LogP contribution in [0.2, 0.25) is 0 Å². The summed E-state index contributed by atoms with van der Waals surface area (Å²) in [5.41, 5.74) is 0. The molecule has 0 heterocycles. The van der Waals surface area contributed by atoms with Crippen molar-refractivity contribution in [3.05, 3.63) is 45.3 Å². The van der Waals surface area contributed by atoms with E-state index in [0.717, 1.165) is 42.0 Å². The molecule has 4 rings (SSSR count). The van der Waals surface area contributed by atoms with Gasteiger partial charge in [0.1, 0.15) is 0 Å². The molecular weight excluding hydrogens is 408 g/mol. The number of ether oxygens (including phenoxy) is 2. The fourth-order valence-corrected chi connectivity index (χ4v) is 4.36. The van der Waals surface area contributed by atoms with Gasteiger partial charge < -0.3 is 9.47 Å². The van der Waals surface area contributed by atoms with Crippen LogP contribution in [0.15, 0.2) is 45.3 Å². The largest absolute Gasteiger partial charge is 0.492 e. The fraction of sp³-hybridized carbons (Fsp3) is 0.111. The molecule has 0 aliphatic rings. The molecule has 4 heteroatoms. The highest BCUT2D eigenvalue weighted by Gasteiger charge is 2.21. The maximum absolute atomic E-state index is 5.67. The molecule has 0 aromatic heterocycles. The zero-order valence-corrected chi connectivity index (χ0v) is 15.2. The number of hydrogen-bond donors (Lipinski definition) is 0. The van der Waals surface area contributed by atoms with Crippen LogP contribution >= 0.6 is 31.9 Å². The SMILES string of the molecule is COc1c(OC)c2cccc3c(Br)c(Br)c4cccc1c4c32. The first-order valence-corrected chi connectivity index (χ1v) is 8.43. The number of benzene rings is 4. The van der Waals surface area contributed by atoms with Crippen LogP contribution in [0.4, 0.5) is 0 Å². The quantitative estimate of drug-likeness (QED) is 0.364. The first-order chi connectivity index (χ1) is 10.7. The molecule has 110 valence electrons. The van der Waals surface area contributed by atoms with Gasteiger partial charge in [0, 0.05) is 30.5 Å². The lowest BCUT2D eigenvalue weighted by atomic mass is 9.93. The second-order valence-electron chi connectivity index (χ2n) is 5.15. The Bertz CT molecular complexity index is 941. The summed E-state index contributed by atoms with van der Waals surface area (Å²) in [4.78, 5) is 0. The standard InChI is InChI=1S/C18H12Br2O2/c1-21-17-11-7-3-5-9-13(11)14-10(16(20)15(9)19)6-4-8-12(14)18(17)22-2/h3-8H,1-2H3. The van der Waals surface area contributed by atoms with Crippen molar-refractivity contribution in [2.75, 3.05) is 14.2 Å². The van der Waals surface area contributed by atoms with Crippen LogP contribution < -0.4 is 9.47 Å². The van der Waals surface area contributed by atoms with Crippen LogP contribution in [-0.2, 0) is 0 Å². The van der Waals surface area contributed by atoms with E-state index in [1.807, 2.05) is 12.1 Å². The molecule has 0 amide bonds.